The zero-order chi connectivity index (χ0) is 13.6. The molecule has 0 aliphatic carbocycles. The van der Waals surface area contributed by atoms with Gasteiger partial charge < -0.3 is 30.6 Å². The van der Waals surface area contributed by atoms with Crippen molar-refractivity contribution in [3.63, 3.8) is 0 Å². The van der Waals surface area contributed by atoms with Crippen LogP contribution in [0.3, 0.4) is 0 Å². The minimum absolute atomic E-state index is 0.231. The Labute approximate surface area is 107 Å². The van der Waals surface area contributed by atoms with E-state index in [4.69, 9.17) is 5.11 Å². The number of nitrogens with two attached hydrogens (primary N) is 1. The molecule has 102 valence electrons. The second-order valence-electron chi connectivity index (χ2n) is 4.75. The molecule has 7 N–H and O–H groups in total. The van der Waals surface area contributed by atoms with E-state index >= 15 is 0 Å². The zero-order valence-electron chi connectivity index (χ0n) is 9.95. The van der Waals surface area contributed by atoms with Crippen LogP contribution in [0.1, 0.15) is 11.6 Å². The molecular formula is C11H15N4O4+. The standard InChI is InChI=1S/C11H14N4O4/c16-2-5-9(17)10(18)7(15-5)4-1-12-8-6(4)13-3-14-11(8)19/h1,3,5,7,9-10,12,15-18H,2H2,(H,13,14,19)/p+1. The Morgan fingerprint density at radius 2 is 2.11 bits per heavy atom. The predicted molar refractivity (Wildman–Crippen MR) is 64.3 cm³/mol. The van der Waals surface area contributed by atoms with Crippen molar-refractivity contribution in [2.75, 3.05) is 6.61 Å². The van der Waals surface area contributed by atoms with Crippen LogP contribution in [0.15, 0.2) is 17.3 Å². The van der Waals surface area contributed by atoms with Crippen molar-refractivity contribution in [1.82, 2.24) is 15.0 Å². The van der Waals surface area contributed by atoms with Gasteiger partial charge in [-0.3, -0.25) is 4.79 Å². The molecule has 4 atom stereocenters. The van der Waals surface area contributed by atoms with E-state index in [1.54, 1.807) is 11.5 Å². The summed E-state index contributed by atoms with van der Waals surface area (Å²) in [5.74, 6) is 0. The minimum Gasteiger partial charge on any atom is -0.390 e. The Balaban J connectivity index is 2.06. The van der Waals surface area contributed by atoms with Crippen molar-refractivity contribution < 1.29 is 20.6 Å². The molecule has 4 unspecified atom stereocenters. The molecule has 2 aromatic heterocycles. The van der Waals surface area contributed by atoms with Crippen LogP contribution in [-0.4, -0.2) is 55.1 Å². The molecule has 8 nitrogen and oxygen atoms in total. The number of aliphatic hydroxyl groups excluding tert-OH is 3. The smallest absolute Gasteiger partial charge is 0.275 e. The van der Waals surface area contributed by atoms with Gasteiger partial charge in [0.1, 0.15) is 35.3 Å². The Hall–Kier alpha value is -1.74. The molecule has 1 aliphatic heterocycles. The van der Waals surface area contributed by atoms with Crippen LogP contribution in [0.25, 0.3) is 11.0 Å². The largest absolute Gasteiger partial charge is 0.390 e. The second kappa shape index (κ2) is 4.42. The van der Waals surface area contributed by atoms with E-state index in [9.17, 15) is 15.0 Å². The van der Waals surface area contributed by atoms with Gasteiger partial charge in [-0.2, -0.15) is 0 Å². The predicted octanol–water partition coefficient (Wildman–Crippen LogP) is -3.05. The van der Waals surface area contributed by atoms with Gasteiger partial charge in [-0.1, -0.05) is 0 Å². The van der Waals surface area contributed by atoms with Crippen molar-refractivity contribution in [3.8, 4) is 0 Å². The molecular weight excluding hydrogens is 252 g/mol. The fourth-order valence-corrected chi connectivity index (χ4v) is 2.64. The number of fused-ring (bicyclic) bond motifs is 1. The highest BCUT2D eigenvalue weighted by molar-refractivity contribution is 5.78. The molecule has 3 heterocycles. The monoisotopic (exact) mass is 267 g/mol. The Morgan fingerprint density at radius 1 is 1.32 bits per heavy atom. The number of hydrogen-bond acceptors (Lipinski definition) is 5. The summed E-state index contributed by atoms with van der Waals surface area (Å²) in [5.41, 5.74) is 1.15. The average Bonchev–Trinajstić information content (AvgIpc) is 2.94. The maximum Gasteiger partial charge on any atom is 0.275 e. The van der Waals surface area contributed by atoms with Crippen molar-refractivity contribution in [2.24, 2.45) is 0 Å². The van der Waals surface area contributed by atoms with Crippen molar-refractivity contribution in [2.45, 2.75) is 24.3 Å². The van der Waals surface area contributed by atoms with Crippen LogP contribution >= 0.6 is 0 Å². The first-order valence-corrected chi connectivity index (χ1v) is 6.00. The van der Waals surface area contributed by atoms with Gasteiger partial charge in [0.2, 0.25) is 0 Å². The fourth-order valence-electron chi connectivity index (χ4n) is 2.64. The zero-order valence-corrected chi connectivity index (χ0v) is 9.95. The molecule has 1 fully saturated rings. The van der Waals surface area contributed by atoms with Crippen LogP contribution in [-0.2, 0) is 0 Å². The third kappa shape index (κ3) is 1.77. The lowest BCUT2D eigenvalue weighted by Gasteiger charge is -2.10. The Morgan fingerprint density at radius 3 is 2.79 bits per heavy atom. The van der Waals surface area contributed by atoms with Crippen molar-refractivity contribution >= 4 is 11.0 Å². The van der Waals surface area contributed by atoms with Gasteiger partial charge in [-0.15, -0.1) is 0 Å². The molecule has 0 spiro atoms. The van der Waals surface area contributed by atoms with Crippen LogP contribution in [0.2, 0.25) is 0 Å². The number of rotatable bonds is 2. The lowest BCUT2D eigenvalue weighted by molar-refractivity contribution is -0.713. The summed E-state index contributed by atoms with van der Waals surface area (Å²) in [6.45, 7) is -0.231. The number of aromatic amines is 2. The molecule has 0 aromatic carbocycles. The topological polar surface area (TPSA) is 139 Å². The Bertz CT molecular complexity index is 651. The summed E-state index contributed by atoms with van der Waals surface area (Å²) in [5, 5.41) is 30.7. The first kappa shape index (κ1) is 12.3. The van der Waals surface area contributed by atoms with E-state index in [1.807, 2.05) is 0 Å². The number of hydrogen-bond donors (Lipinski definition) is 6. The average molecular weight is 267 g/mol. The summed E-state index contributed by atoms with van der Waals surface area (Å²) in [4.78, 5) is 21.0. The lowest BCUT2D eigenvalue weighted by atomic mass is 10.0. The molecule has 1 aliphatic rings. The van der Waals surface area contributed by atoms with Crippen molar-refractivity contribution in [1.29, 1.82) is 0 Å². The first-order chi connectivity index (χ1) is 9.13. The number of aliphatic hydroxyl groups is 3. The van der Waals surface area contributed by atoms with Gasteiger partial charge >= 0.3 is 0 Å². The van der Waals surface area contributed by atoms with E-state index in [0.29, 0.717) is 16.6 Å². The molecule has 0 saturated carbocycles. The molecule has 0 amide bonds. The molecule has 0 bridgehead atoms. The number of aromatic nitrogens is 3. The molecule has 3 rings (SSSR count). The van der Waals surface area contributed by atoms with Gasteiger partial charge in [-0.05, 0) is 0 Å². The summed E-state index contributed by atoms with van der Waals surface area (Å²) in [6, 6.07) is -0.942. The fraction of sp³-hybridized carbons (Fsp3) is 0.455. The number of quaternary nitrogens is 1. The third-order valence-electron chi connectivity index (χ3n) is 3.68. The lowest BCUT2D eigenvalue weighted by Crippen LogP contribution is -2.89. The molecule has 19 heavy (non-hydrogen) atoms. The first-order valence-electron chi connectivity index (χ1n) is 6.00. The highest BCUT2D eigenvalue weighted by Gasteiger charge is 2.46. The molecule has 8 heteroatoms. The summed E-state index contributed by atoms with van der Waals surface area (Å²) < 4.78 is 0. The number of nitrogens with zero attached hydrogens (tertiary/aromatic N) is 1. The van der Waals surface area contributed by atoms with E-state index in [2.05, 4.69) is 15.0 Å². The summed E-state index contributed by atoms with van der Waals surface area (Å²) in [7, 11) is 0. The third-order valence-corrected chi connectivity index (χ3v) is 3.68. The van der Waals surface area contributed by atoms with Gasteiger partial charge in [0, 0.05) is 6.20 Å². The van der Waals surface area contributed by atoms with Crippen LogP contribution in [0.4, 0.5) is 0 Å². The highest BCUT2D eigenvalue weighted by atomic mass is 16.3. The van der Waals surface area contributed by atoms with Gasteiger partial charge in [0.15, 0.2) is 0 Å². The molecule has 1 saturated heterocycles. The quantitative estimate of drug-likeness (QED) is 0.343. The second-order valence-corrected chi connectivity index (χ2v) is 4.75. The normalized spacial score (nSPS) is 31.1. The summed E-state index contributed by atoms with van der Waals surface area (Å²) in [6.07, 6.45) is 0.867. The molecule has 0 radical (unpaired) electrons. The number of nitrogens with one attached hydrogen (secondary N) is 2. The van der Waals surface area contributed by atoms with Gasteiger partial charge in [-0.25, -0.2) is 4.98 Å². The SMILES string of the molecule is O=c1[nH]cnc2c(C3[NH2+]C(CO)C(O)C3O)c[nH]c12. The van der Waals surface area contributed by atoms with Gasteiger partial charge in [0.25, 0.3) is 5.56 Å². The van der Waals surface area contributed by atoms with Crippen LogP contribution in [0.5, 0.6) is 0 Å². The summed E-state index contributed by atoms with van der Waals surface area (Å²) >= 11 is 0. The highest BCUT2D eigenvalue weighted by Crippen LogP contribution is 2.25. The maximum atomic E-state index is 11.6. The van der Waals surface area contributed by atoms with E-state index < -0.39 is 24.3 Å². The van der Waals surface area contributed by atoms with E-state index in [-0.39, 0.29) is 12.2 Å². The maximum absolute atomic E-state index is 11.6. The minimum atomic E-state index is -1.02. The van der Waals surface area contributed by atoms with Gasteiger partial charge in [0.05, 0.1) is 18.5 Å². The van der Waals surface area contributed by atoms with Crippen molar-refractivity contribution in [3.05, 3.63) is 28.4 Å². The number of H-pyrrole nitrogens is 2. The van der Waals surface area contributed by atoms with E-state index in [0.717, 1.165) is 0 Å². The van der Waals surface area contributed by atoms with E-state index in [1.165, 1.54) is 6.33 Å². The Kier molecular flexibility index (Phi) is 2.86. The molecule has 2 aromatic rings. The van der Waals surface area contributed by atoms with Crippen LogP contribution < -0.4 is 10.9 Å². The van der Waals surface area contributed by atoms with Crippen LogP contribution in [0, 0.1) is 0 Å².